The first-order valence-corrected chi connectivity index (χ1v) is 6.58. The second kappa shape index (κ2) is 6.09. The first-order chi connectivity index (χ1) is 7.26. The van der Waals surface area contributed by atoms with Gasteiger partial charge in [-0.25, -0.2) is 0 Å². The molecule has 0 fully saturated rings. The van der Waals surface area contributed by atoms with Gasteiger partial charge in [-0.15, -0.1) is 0 Å². The summed E-state index contributed by atoms with van der Waals surface area (Å²) < 4.78 is 0. The van der Waals surface area contributed by atoms with E-state index in [2.05, 4.69) is 44.7 Å². The van der Waals surface area contributed by atoms with Crippen LogP contribution in [0.1, 0.15) is 20.8 Å². The van der Waals surface area contributed by atoms with E-state index in [9.17, 15) is 0 Å². The summed E-state index contributed by atoms with van der Waals surface area (Å²) in [6, 6.07) is 0. The molecule has 0 N–H and O–H groups in total. The van der Waals surface area contributed by atoms with Gasteiger partial charge in [0.1, 0.15) is 0 Å². The van der Waals surface area contributed by atoms with Crippen LogP contribution in [0.2, 0.25) is 0 Å². The van der Waals surface area contributed by atoms with Gasteiger partial charge in [0.2, 0.25) is 0 Å². The number of allylic oxidation sites excluding steroid dienone is 5. The van der Waals surface area contributed by atoms with E-state index < -0.39 is 0 Å². The molecule has 0 spiro atoms. The zero-order chi connectivity index (χ0) is 11.3. The third-order valence-electron chi connectivity index (χ3n) is 1.95. The molecule has 80 valence electrons. The van der Waals surface area contributed by atoms with E-state index >= 15 is 0 Å². The topological polar surface area (TPSA) is 0 Å². The third kappa shape index (κ3) is 2.93. The Bertz CT molecular complexity index is 368. The Morgan fingerprint density at radius 3 is 1.87 bits per heavy atom. The summed E-state index contributed by atoms with van der Waals surface area (Å²) in [7, 11) is 0. The van der Waals surface area contributed by atoms with Crippen molar-refractivity contribution in [2.45, 2.75) is 20.8 Å². The van der Waals surface area contributed by atoms with E-state index in [0.717, 1.165) is 0 Å². The summed E-state index contributed by atoms with van der Waals surface area (Å²) in [5, 5.41) is 0. The standard InChI is InChI=1S/C13H16S2/c1-5-9-13-12(8-4)14-10(6-2)11(7-3)15-13/h5-9H,4H2,1-3H3/b9-5-,10-6+,11-7+. The molecule has 0 amide bonds. The quantitative estimate of drug-likeness (QED) is 0.642. The van der Waals surface area contributed by atoms with Crippen molar-refractivity contribution in [2.24, 2.45) is 0 Å². The third-order valence-corrected chi connectivity index (χ3v) is 4.75. The fourth-order valence-electron chi connectivity index (χ4n) is 1.25. The molecule has 0 radical (unpaired) electrons. The molecule has 1 heterocycles. The van der Waals surface area contributed by atoms with Crippen molar-refractivity contribution in [3.63, 3.8) is 0 Å². The number of hydrogen-bond acceptors (Lipinski definition) is 2. The molecule has 0 saturated carbocycles. The highest BCUT2D eigenvalue weighted by Crippen LogP contribution is 2.48. The molecule has 15 heavy (non-hydrogen) atoms. The Kier molecular flexibility index (Phi) is 5.06. The van der Waals surface area contributed by atoms with E-state index in [-0.39, 0.29) is 0 Å². The summed E-state index contributed by atoms with van der Waals surface area (Å²) in [6.07, 6.45) is 10.5. The van der Waals surface area contributed by atoms with Crippen LogP contribution in [0.4, 0.5) is 0 Å². The van der Waals surface area contributed by atoms with Crippen molar-refractivity contribution in [1.82, 2.24) is 0 Å². The van der Waals surface area contributed by atoms with Crippen LogP contribution in [-0.4, -0.2) is 0 Å². The van der Waals surface area contributed by atoms with Gasteiger partial charge in [0, 0.05) is 19.6 Å². The molecule has 0 unspecified atom stereocenters. The van der Waals surface area contributed by atoms with Crippen molar-refractivity contribution in [3.05, 3.63) is 56.6 Å². The molecule has 1 aliphatic rings. The molecule has 0 bridgehead atoms. The van der Waals surface area contributed by atoms with E-state index in [1.165, 1.54) is 19.6 Å². The van der Waals surface area contributed by atoms with Crippen molar-refractivity contribution >= 4 is 23.5 Å². The maximum Gasteiger partial charge on any atom is 0.0258 e. The highest BCUT2D eigenvalue weighted by molar-refractivity contribution is 8.15. The zero-order valence-electron chi connectivity index (χ0n) is 9.41. The lowest BCUT2D eigenvalue weighted by Gasteiger charge is -2.20. The summed E-state index contributed by atoms with van der Waals surface area (Å²) in [6.45, 7) is 10.1. The zero-order valence-corrected chi connectivity index (χ0v) is 11.0. The molecule has 0 atom stereocenters. The molecular weight excluding hydrogens is 220 g/mol. The Hall–Kier alpha value is -0.600. The monoisotopic (exact) mass is 236 g/mol. The van der Waals surface area contributed by atoms with Gasteiger partial charge in [0.25, 0.3) is 0 Å². The largest absolute Gasteiger partial charge is 0.0979 e. The lowest BCUT2D eigenvalue weighted by Crippen LogP contribution is -1.91. The van der Waals surface area contributed by atoms with Gasteiger partial charge in [0.15, 0.2) is 0 Å². The van der Waals surface area contributed by atoms with Crippen LogP contribution in [0.25, 0.3) is 0 Å². The Morgan fingerprint density at radius 1 is 0.933 bits per heavy atom. The lowest BCUT2D eigenvalue weighted by atomic mass is 10.4. The highest BCUT2D eigenvalue weighted by Gasteiger charge is 2.17. The molecule has 0 aromatic carbocycles. The minimum absolute atomic E-state index is 1.25. The van der Waals surface area contributed by atoms with Gasteiger partial charge < -0.3 is 0 Å². The van der Waals surface area contributed by atoms with Crippen molar-refractivity contribution in [3.8, 4) is 0 Å². The van der Waals surface area contributed by atoms with Crippen LogP contribution in [0, 0.1) is 0 Å². The van der Waals surface area contributed by atoms with Crippen molar-refractivity contribution in [1.29, 1.82) is 0 Å². The van der Waals surface area contributed by atoms with Crippen molar-refractivity contribution in [2.75, 3.05) is 0 Å². The summed E-state index contributed by atoms with van der Waals surface area (Å²) in [4.78, 5) is 5.19. The van der Waals surface area contributed by atoms with Gasteiger partial charge in [-0.05, 0) is 20.8 Å². The van der Waals surface area contributed by atoms with E-state index in [1.807, 2.05) is 24.8 Å². The molecule has 0 aliphatic carbocycles. The Balaban J connectivity index is 3.14. The molecular formula is C13H16S2. The first kappa shape index (κ1) is 12.5. The average molecular weight is 236 g/mol. The first-order valence-electron chi connectivity index (χ1n) is 4.94. The minimum atomic E-state index is 1.25. The van der Waals surface area contributed by atoms with Crippen LogP contribution in [0.15, 0.2) is 56.6 Å². The molecule has 0 nitrogen and oxygen atoms in total. The van der Waals surface area contributed by atoms with E-state index in [4.69, 9.17) is 0 Å². The Labute approximate surface area is 101 Å². The van der Waals surface area contributed by atoms with Crippen molar-refractivity contribution < 1.29 is 0 Å². The van der Waals surface area contributed by atoms with Gasteiger partial charge in [0.05, 0.1) is 0 Å². The van der Waals surface area contributed by atoms with Crippen LogP contribution in [-0.2, 0) is 0 Å². The fraction of sp³-hybridized carbons (Fsp3) is 0.231. The highest BCUT2D eigenvalue weighted by atomic mass is 32.2. The van der Waals surface area contributed by atoms with Crippen LogP contribution in [0.5, 0.6) is 0 Å². The molecule has 1 aliphatic heterocycles. The summed E-state index contributed by atoms with van der Waals surface area (Å²) in [5.41, 5.74) is 0. The fourth-order valence-corrected chi connectivity index (χ4v) is 3.54. The molecule has 0 aromatic rings. The summed E-state index contributed by atoms with van der Waals surface area (Å²) >= 11 is 3.61. The minimum Gasteiger partial charge on any atom is -0.0979 e. The molecule has 2 heteroatoms. The van der Waals surface area contributed by atoms with Gasteiger partial charge in [-0.3, -0.25) is 0 Å². The molecule has 0 aromatic heterocycles. The number of rotatable bonds is 2. The predicted octanol–water partition coefficient (Wildman–Crippen LogP) is 5.25. The smallest absolute Gasteiger partial charge is 0.0258 e. The van der Waals surface area contributed by atoms with Gasteiger partial charge in [-0.2, -0.15) is 0 Å². The SMILES string of the molecule is C=CC1=C(/C=C\C)SC(=C/C)/C(=C\C)S1. The molecule has 0 saturated heterocycles. The predicted molar refractivity (Wildman–Crippen MR) is 74.7 cm³/mol. The van der Waals surface area contributed by atoms with Gasteiger partial charge >= 0.3 is 0 Å². The summed E-state index contributed by atoms with van der Waals surface area (Å²) in [5.74, 6) is 0. The number of thioether (sulfide) groups is 2. The normalized spacial score (nSPS) is 23.1. The molecule has 1 rings (SSSR count). The Morgan fingerprint density at radius 2 is 1.47 bits per heavy atom. The van der Waals surface area contributed by atoms with Gasteiger partial charge in [-0.1, -0.05) is 60.5 Å². The van der Waals surface area contributed by atoms with E-state index in [0.29, 0.717) is 0 Å². The number of hydrogen-bond donors (Lipinski definition) is 0. The van der Waals surface area contributed by atoms with Crippen LogP contribution < -0.4 is 0 Å². The lowest BCUT2D eigenvalue weighted by molar-refractivity contribution is 1.61. The van der Waals surface area contributed by atoms with E-state index in [1.54, 1.807) is 11.8 Å². The average Bonchev–Trinajstić information content (AvgIpc) is 2.28. The van der Waals surface area contributed by atoms with Crippen LogP contribution in [0.3, 0.4) is 0 Å². The second-order valence-corrected chi connectivity index (χ2v) is 5.11. The van der Waals surface area contributed by atoms with Crippen LogP contribution >= 0.6 is 23.5 Å². The maximum atomic E-state index is 3.86. The maximum absolute atomic E-state index is 3.86. The second-order valence-electron chi connectivity index (χ2n) is 2.94.